The van der Waals surface area contributed by atoms with E-state index in [1.54, 1.807) is 18.2 Å². The van der Waals surface area contributed by atoms with Gasteiger partial charge < -0.3 is 14.6 Å². The normalized spacial score (nSPS) is 10.8. The summed E-state index contributed by atoms with van der Waals surface area (Å²) < 4.78 is 11.0. The van der Waals surface area contributed by atoms with Gasteiger partial charge >= 0.3 is 0 Å². The van der Waals surface area contributed by atoms with Crippen molar-refractivity contribution in [3.63, 3.8) is 0 Å². The van der Waals surface area contributed by atoms with Gasteiger partial charge in [-0.1, -0.05) is 47.1 Å². The van der Waals surface area contributed by atoms with Crippen LogP contribution in [-0.4, -0.2) is 22.1 Å². The molecule has 3 rings (SSSR count). The lowest BCUT2D eigenvalue weighted by atomic mass is 10.1. The molecule has 0 saturated heterocycles. The first-order valence-corrected chi connectivity index (χ1v) is 8.45. The summed E-state index contributed by atoms with van der Waals surface area (Å²) >= 11 is 0. The fraction of sp³-hybridized carbons (Fsp3) is 0.250. The first kappa shape index (κ1) is 17.7. The van der Waals surface area contributed by atoms with Crippen molar-refractivity contribution in [2.24, 2.45) is 0 Å². The number of hydrogen-bond acceptors (Lipinski definition) is 5. The van der Waals surface area contributed by atoms with Crippen LogP contribution in [0.3, 0.4) is 0 Å². The van der Waals surface area contributed by atoms with Gasteiger partial charge in [0.25, 0.3) is 11.8 Å². The van der Waals surface area contributed by atoms with Crippen molar-refractivity contribution >= 4 is 5.91 Å². The van der Waals surface area contributed by atoms with E-state index in [0.717, 1.165) is 11.1 Å². The number of aromatic nitrogens is 2. The lowest BCUT2D eigenvalue weighted by Crippen LogP contribution is -2.30. The van der Waals surface area contributed by atoms with Crippen molar-refractivity contribution in [1.82, 2.24) is 15.5 Å². The standard InChI is InChI=1S/C20H21N3O3/c1-13(2)21-20(24)16-6-4-5-7-17(16)25-12-18-22-19(23-26-18)15-10-8-14(3)9-11-15/h4-11,13H,12H2,1-3H3,(H,21,24). The van der Waals surface area contributed by atoms with E-state index in [0.29, 0.717) is 23.0 Å². The van der Waals surface area contributed by atoms with Gasteiger partial charge in [-0.2, -0.15) is 4.98 Å². The Balaban J connectivity index is 1.70. The Morgan fingerprint density at radius 1 is 1.15 bits per heavy atom. The number of amides is 1. The van der Waals surface area contributed by atoms with Gasteiger partial charge in [-0.25, -0.2) is 0 Å². The number of benzene rings is 2. The molecule has 0 fully saturated rings. The minimum absolute atomic E-state index is 0.0450. The highest BCUT2D eigenvalue weighted by atomic mass is 16.5. The number of nitrogens with zero attached hydrogens (tertiary/aromatic N) is 2. The van der Waals surface area contributed by atoms with Crippen LogP contribution in [0.1, 0.15) is 35.7 Å². The van der Waals surface area contributed by atoms with E-state index in [-0.39, 0.29) is 18.6 Å². The number of ether oxygens (including phenoxy) is 1. The Morgan fingerprint density at radius 3 is 2.62 bits per heavy atom. The van der Waals surface area contributed by atoms with Crippen LogP contribution in [0.4, 0.5) is 0 Å². The SMILES string of the molecule is Cc1ccc(-c2noc(COc3ccccc3C(=O)NC(C)C)n2)cc1. The number of para-hydroxylation sites is 1. The maximum absolute atomic E-state index is 12.3. The van der Waals surface area contributed by atoms with Crippen LogP contribution in [0.25, 0.3) is 11.4 Å². The first-order chi connectivity index (χ1) is 12.5. The zero-order valence-corrected chi connectivity index (χ0v) is 15.0. The maximum Gasteiger partial charge on any atom is 0.264 e. The van der Waals surface area contributed by atoms with Gasteiger partial charge in [0.15, 0.2) is 6.61 Å². The smallest absolute Gasteiger partial charge is 0.264 e. The van der Waals surface area contributed by atoms with Crippen LogP contribution in [0.5, 0.6) is 5.75 Å². The van der Waals surface area contributed by atoms with Gasteiger partial charge in [0.2, 0.25) is 5.82 Å². The Hall–Kier alpha value is -3.15. The average molecular weight is 351 g/mol. The largest absolute Gasteiger partial charge is 0.483 e. The maximum atomic E-state index is 12.3. The van der Waals surface area contributed by atoms with E-state index in [4.69, 9.17) is 9.26 Å². The molecule has 2 aromatic carbocycles. The highest BCUT2D eigenvalue weighted by molar-refractivity contribution is 5.97. The van der Waals surface area contributed by atoms with E-state index in [1.165, 1.54) is 0 Å². The molecule has 0 aliphatic carbocycles. The quantitative estimate of drug-likeness (QED) is 0.731. The van der Waals surface area contributed by atoms with Gasteiger partial charge in [-0.05, 0) is 32.9 Å². The molecule has 1 N–H and O–H groups in total. The highest BCUT2D eigenvalue weighted by Crippen LogP contribution is 2.21. The van der Waals surface area contributed by atoms with Crippen molar-refractivity contribution in [2.45, 2.75) is 33.4 Å². The number of carbonyl (C=O) groups is 1. The summed E-state index contributed by atoms with van der Waals surface area (Å²) in [6, 6.07) is 15.0. The molecule has 1 heterocycles. The van der Waals surface area contributed by atoms with Crippen LogP contribution < -0.4 is 10.1 Å². The molecule has 6 heteroatoms. The second-order valence-electron chi connectivity index (χ2n) is 6.29. The summed E-state index contributed by atoms with van der Waals surface area (Å²) in [7, 11) is 0. The molecule has 0 atom stereocenters. The topological polar surface area (TPSA) is 77.2 Å². The summed E-state index contributed by atoms with van der Waals surface area (Å²) in [5.74, 6) is 1.15. The van der Waals surface area contributed by atoms with Crippen LogP contribution >= 0.6 is 0 Å². The highest BCUT2D eigenvalue weighted by Gasteiger charge is 2.14. The van der Waals surface area contributed by atoms with E-state index in [9.17, 15) is 4.79 Å². The molecule has 0 aliphatic heterocycles. The fourth-order valence-corrected chi connectivity index (χ4v) is 2.39. The lowest BCUT2D eigenvalue weighted by Gasteiger charge is -2.12. The molecule has 0 saturated carbocycles. The van der Waals surface area contributed by atoms with Crippen molar-refractivity contribution in [1.29, 1.82) is 0 Å². The van der Waals surface area contributed by atoms with Crippen LogP contribution in [-0.2, 0) is 6.61 Å². The number of rotatable bonds is 6. The minimum Gasteiger partial charge on any atom is -0.483 e. The summed E-state index contributed by atoms with van der Waals surface area (Å²) in [5, 5.41) is 6.84. The van der Waals surface area contributed by atoms with Crippen LogP contribution in [0.15, 0.2) is 53.1 Å². The summed E-state index contributed by atoms with van der Waals surface area (Å²) in [4.78, 5) is 16.6. The molecule has 134 valence electrons. The Labute approximate surface area is 152 Å². The molecule has 6 nitrogen and oxygen atoms in total. The molecular formula is C20H21N3O3. The third-order valence-electron chi connectivity index (χ3n) is 3.68. The minimum atomic E-state index is -0.179. The number of hydrogen-bond donors (Lipinski definition) is 1. The Bertz CT molecular complexity index is 885. The molecule has 1 amide bonds. The number of carbonyl (C=O) groups excluding carboxylic acids is 1. The number of nitrogens with one attached hydrogen (secondary N) is 1. The van der Waals surface area contributed by atoms with Gasteiger partial charge in [0.1, 0.15) is 5.75 Å². The zero-order valence-electron chi connectivity index (χ0n) is 15.0. The second kappa shape index (κ2) is 7.82. The molecule has 0 spiro atoms. The van der Waals surface area contributed by atoms with Crippen molar-refractivity contribution in [2.75, 3.05) is 0 Å². The number of aryl methyl sites for hydroxylation is 1. The molecule has 26 heavy (non-hydrogen) atoms. The predicted molar refractivity (Wildman–Crippen MR) is 97.8 cm³/mol. The first-order valence-electron chi connectivity index (χ1n) is 8.45. The molecular weight excluding hydrogens is 330 g/mol. The van der Waals surface area contributed by atoms with E-state index < -0.39 is 0 Å². The van der Waals surface area contributed by atoms with Gasteiger partial charge in [0.05, 0.1) is 5.56 Å². The van der Waals surface area contributed by atoms with E-state index in [2.05, 4.69) is 15.5 Å². The molecule has 0 aliphatic rings. The third kappa shape index (κ3) is 4.27. The van der Waals surface area contributed by atoms with Gasteiger partial charge in [-0.15, -0.1) is 0 Å². The van der Waals surface area contributed by atoms with Gasteiger partial charge in [0, 0.05) is 11.6 Å². The fourth-order valence-electron chi connectivity index (χ4n) is 2.39. The van der Waals surface area contributed by atoms with E-state index >= 15 is 0 Å². The van der Waals surface area contributed by atoms with Crippen LogP contribution in [0, 0.1) is 6.92 Å². The van der Waals surface area contributed by atoms with Crippen molar-refractivity contribution in [3.8, 4) is 17.1 Å². The van der Waals surface area contributed by atoms with E-state index in [1.807, 2.05) is 51.1 Å². The second-order valence-corrected chi connectivity index (χ2v) is 6.29. The van der Waals surface area contributed by atoms with Crippen molar-refractivity contribution < 1.29 is 14.1 Å². The molecule has 0 bridgehead atoms. The Kier molecular flexibility index (Phi) is 5.31. The molecule has 0 unspecified atom stereocenters. The van der Waals surface area contributed by atoms with Crippen molar-refractivity contribution in [3.05, 3.63) is 65.5 Å². The molecule has 0 radical (unpaired) electrons. The monoisotopic (exact) mass is 351 g/mol. The van der Waals surface area contributed by atoms with Crippen LogP contribution in [0.2, 0.25) is 0 Å². The summed E-state index contributed by atoms with van der Waals surface area (Å²) in [6.07, 6.45) is 0. The summed E-state index contributed by atoms with van der Waals surface area (Å²) in [5.41, 5.74) is 2.51. The average Bonchev–Trinajstić information content (AvgIpc) is 3.09. The Morgan fingerprint density at radius 2 is 1.88 bits per heavy atom. The predicted octanol–water partition coefficient (Wildman–Crippen LogP) is 3.76. The third-order valence-corrected chi connectivity index (χ3v) is 3.68. The molecule has 3 aromatic rings. The lowest BCUT2D eigenvalue weighted by molar-refractivity contribution is 0.0937. The molecule has 1 aromatic heterocycles. The summed E-state index contributed by atoms with van der Waals surface area (Å²) in [6.45, 7) is 5.93. The zero-order chi connectivity index (χ0) is 18.5. The van der Waals surface area contributed by atoms with Gasteiger partial charge in [-0.3, -0.25) is 4.79 Å².